The Morgan fingerprint density at radius 2 is 1.87 bits per heavy atom. The Kier molecular flexibility index (Phi) is 5.07. The highest BCUT2D eigenvalue weighted by Crippen LogP contribution is 2.19. The number of hydrogen-bond donors (Lipinski definition) is 0. The lowest BCUT2D eigenvalue weighted by atomic mass is 10.0. The quantitative estimate of drug-likeness (QED) is 0.629. The third kappa shape index (κ3) is 5.53. The summed E-state index contributed by atoms with van der Waals surface area (Å²) in [6.45, 7) is 13.4. The van der Waals surface area contributed by atoms with Crippen molar-refractivity contribution < 1.29 is 4.74 Å². The smallest absolute Gasteiger partial charge is 0.0598 e. The molecule has 1 heterocycles. The van der Waals surface area contributed by atoms with Crippen LogP contribution in [0, 0.1) is 5.92 Å². The summed E-state index contributed by atoms with van der Waals surface area (Å²) in [5.41, 5.74) is 0.0304. The summed E-state index contributed by atoms with van der Waals surface area (Å²) in [6, 6.07) is 0. The summed E-state index contributed by atoms with van der Waals surface area (Å²) in [6.07, 6.45) is 4.06. The Morgan fingerprint density at radius 3 is 2.40 bits per heavy atom. The van der Waals surface area contributed by atoms with Crippen LogP contribution in [0.4, 0.5) is 0 Å². The zero-order valence-electron chi connectivity index (χ0n) is 10.9. The Balaban J connectivity index is 1.96. The summed E-state index contributed by atoms with van der Waals surface area (Å²) < 4.78 is 5.78. The average molecular weight is 213 g/mol. The molecule has 1 aliphatic rings. The first-order chi connectivity index (χ1) is 7.01. The molecule has 2 nitrogen and oxygen atoms in total. The lowest BCUT2D eigenvalue weighted by Crippen LogP contribution is -2.49. The van der Waals surface area contributed by atoms with Crippen LogP contribution in [0.25, 0.3) is 0 Å². The summed E-state index contributed by atoms with van der Waals surface area (Å²) in [7, 11) is 0. The maximum Gasteiger partial charge on any atom is 0.0598 e. The van der Waals surface area contributed by atoms with E-state index in [1.54, 1.807) is 0 Å². The summed E-state index contributed by atoms with van der Waals surface area (Å²) >= 11 is 0. The molecule has 0 bridgehead atoms. The van der Waals surface area contributed by atoms with E-state index in [0.717, 1.165) is 12.5 Å². The Hall–Kier alpha value is -0.0800. The molecule has 0 radical (unpaired) electrons. The number of unbranched alkanes of at least 4 members (excludes halogenated alkanes) is 2. The molecule has 0 aromatic rings. The Bertz CT molecular complexity index is 168. The van der Waals surface area contributed by atoms with Gasteiger partial charge in [-0.05, 0) is 33.7 Å². The molecule has 90 valence electrons. The van der Waals surface area contributed by atoms with Crippen LogP contribution < -0.4 is 0 Å². The maximum absolute atomic E-state index is 5.78. The van der Waals surface area contributed by atoms with E-state index in [2.05, 4.69) is 32.6 Å². The van der Waals surface area contributed by atoms with E-state index in [1.807, 2.05) is 0 Å². The number of nitrogens with zero attached hydrogens (tertiary/aromatic N) is 1. The van der Waals surface area contributed by atoms with Crippen LogP contribution >= 0.6 is 0 Å². The molecule has 2 heteroatoms. The van der Waals surface area contributed by atoms with Crippen molar-refractivity contribution in [1.29, 1.82) is 0 Å². The average Bonchev–Trinajstić information content (AvgIpc) is 2.05. The standard InChI is InChI=1S/C13H27NO/c1-5-6-7-8-14-9-12(10-14)11-15-13(2,3)4/h12H,5-11H2,1-4H3. The van der Waals surface area contributed by atoms with Crippen molar-refractivity contribution in [3.05, 3.63) is 0 Å². The zero-order valence-corrected chi connectivity index (χ0v) is 10.9. The molecule has 15 heavy (non-hydrogen) atoms. The molecule has 0 amide bonds. The first kappa shape index (κ1) is 13.0. The van der Waals surface area contributed by atoms with Gasteiger partial charge < -0.3 is 9.64 Å². The van der Waals surface area contributed by atoms with Crippen molar-refractivity contribution in [2.45, 2.75) is 52.6 Å². The van der Waals surface area contributed by atoms with Gasteiger partial charge in [-0.1, -0.05) is 19.8 Å². The number of likely N-dealkylation sites (tertiary alicyclic amines) is 1. The van der Waals surface area contributed by atoms with Crippen molar-refractivity contribution in [1.82, 2.24) is 4.90 Å². The topological polar surface area (TPSA) is 12.5 Å². The third-order valence-corrected chi connectivity index (χ3v) is 2.86. The number of ether oxygens (including phenoxy) is 1. The SMILES string of the molecule is CCCCCN1CC(COC(C)(C)C)C1. The maximum atomic E-state index is 5.78. The molecule has 1 aliphatic heterocycles. The fraction of sp³-hybridized carbons (Fsp3) is 1.00. The molecule has 0 aromatic carbocycles. The van der Waals surface area contributed by atoms with Crippen molar-refractivity contribution in [3.63, 3.8) is 0 Å². The molecule has 0 saturated carbocycles. The molecule has 1 rings (SSSR count). The van der Waals surface area contributed by atoms with Gasteiger partial charge in [-0.2, -0.15) is 0 Å². The minimum absolute atomic E-state index is 0.0304. The molecule has 1 saturated heterocycles. The van der Waals surface area contributed by atoms with E-state index in [0.29, 0.717) is 0 Å². The van der Waals surface area contributed by atoms with Gasteiger partial charge in [0.15, 0.2) is 0 Å². The van der Waals surface area contributed by atoms with Crippen molar-refractivity contribution in [2.24, 2.45) is 5.92 Å². The zero-order chi connectivity index (χ0) is 11.3. The highest BCUT2D eigenvalue weighted by atomic mass is 16.5. The van der Waals surface area contributed by atoms with Gasteiger partial charge in [0, 0.05) is 19.0 Å². The van der Waals surface area contributed by atoms with Crippen LogP contribution in [0.3, 0.4) is 0 Å². The first-order valence-corrected chi connectivity index (χ1v) is 6.37. The highest BCUT2D eigenvalue weighted by Gasteiger charge is 2.27. The van der Waals surface area contributed by atoms with Crippen molar-refractivity contribution in [2.75, 3.05) is 26.2 Å². The van der Waals surface area contributed by atoms with E-state index < -0.39 is 0 Å². The van der Waals surface area contributed by atoms with Crippen LogP contribution in [0.2, 0.25) is 0 Å². The molecule has 0 N–H and O–H groups in total. The van der Waals surface area contributed by atoms with Crippen LogP contribution in [0.5, 0.6) is 0 Å². The number of rotatable bonds is 6. The molecule has 0 atom stereocenters. The number of hydrogen-bond acceptors (Lipinski definition) is 2. The normalized spacial score (nSPS) is 19.2. The van der Waals surface area contributed by atoms with Gasteiger partial charge in [-0.25, -0.2) is 0 Å². The largest absolute Gasteiger partial charge is 0.375 e. The Morgan fingerprint density at radius 1 is 1.20 bits per heavy atom. The second-order valence-electron chi connectivity index (χ2n) is 5.76. The van der Waals surface area contributed by atoms with E-state index in [-0.39, 0.29) is 5.60 Å². The fourth-order valence-corrected chi connectivity index (χ4v) is 1.92. The molecule has 1 fully saturated rings. The summed E-state index contributed by atoms with van der Waals surface area (Å²) in [5.74, 6) is 0.783. The van der Waals surface area contributed by atoms with E-state index in [9.17, 15) is 0 Å². The van der Waals surface area contributed by atoms with Crippen LogP contribution in [0.1, 0.15) is 47.0 Å². The second-order valence-corrected chi connectivity index (χ2v) is 5.76. The molecular weight excluding hydrogens is 186 g/mol. The van der Waals surface area contributed by atoms with Crippen molar-refractivity contribution >= 4 is 0 Å². The fourth-order valence-electron chi connectivity index (χ4n) is 1.92. The Labute approximate surface area is 95.0 Å². The van der Waals surface area contributed by atoms with Gasteiger partial charge in [0.2, 0.25) is 0 Å². The monoisotopic (exact) mass is 213 g/mol. The van der Waals surface area contributed by atoms with Crippen LogP contribution in [-0.2, 0) is 4.74 Å². The first-order valence-electron chi connectivity index (χ1n) is 6.37. The summed E-state index contributed by atoms with van der Waals surface area (Å²) in [4.78, 5) is 2.55. The molecule has 0 aliphatic carbocycles. The third-order valence-electron chi connectivity index (χ3n) is 2.86. The van der Waals surface area contributed by atoms with Crippen LogP contribution in [-0.4, -0.2) is 36.7 Å². The molecule has 0 aromatic heterocycles. The van der Waals surface area contributed by atoms with Gasteiger partial charge in [0.05, 0.1) is 12.2 Å². The second kappa shape index (κ2) is 5.86. The van der Waals surface area contributed by atoms with Gasteiger partial charge in [-0.15, -0.1) is 0 Å². The minimum atomic E-state index is 0.0304. The van der Waals surface area contributed by atoms with E-state index in [1.165, 1.54) is 38.9 Å². The van der Waals surface area contributed by atoms with E-state index in [4.69, 9.17) is 4.74 Å². The predicted molar refractivity (Wildman–Crippen MR) is 65.2 cm³/mol. The van der Waals surface area contributed by atoms with E-state index >= 15 is 0 Å². The van der Waals surface area contributed by atoms with Crippen molar-refractivity contribution in [3.8, 4) is 0 Å². The van der Waals surface area contributed by atoms with Gasteiger partial charge in [0.25, 0.3) is 0 Å². The summed E-state index contributed by atoms with van der Waals surface area (Å²) in [5, 5.41) is 0. The van der Waals surface area contributed by atoms with Gasteiger partial charge >= 0.3 is 0 Å². The van der Waals surface area contributed by atoms with Gasteiger partial charge in [-0.3, -0.25) is 0 Å². The minimum Gasteiger partial charge on any atom is -0.375 e. The molecule has 0 spiro atoms. The van der Waals surface area contributed by atoms with Gasteiger partial charge in [0.1, 0.15) is 0 Å². The lowest BCUT2D eigenvalue weighted by Gasteiger charge is -2.40. The molecular formula is C13H27NO. The lowest BCUT2D eigenvalue weighted by molar-refractivity contribution is -0.0562. The highest BCUT2D eigenvalue weighted by molar-refractivity contribution is 4.80. The molecule has 0 unspecified atom stereocenters. The van der Waals surface area contributed by atoms with Crippen LogP contribution in [0.15, 0.2) is 0 Å². The predicted octanol–water partition coefficient (Wildman–Crippen LogP) is 2.92.